The summed E-state index contributed by atoms with van der Waals surface area (Å²) in [7, 11) is 0. The van der Waals surface area contributed by atoms with E-state index in [1.54, 1.807) is 54.6 Å². The topological polar surface area (TPSA) is 110 Å². The van der Waals surface area contributed by atoms with E-state index in [0.29, 0.717) is 22.6 Å². The minimum Gasteiger partial charge on any atom is -0.486 e. The molecule has 11 heteroatoms. The van der Waals surface area contributed by atoms with Crippen LogP contribution in [0.15, 0.2) is 85.2 Å². The Bertz CT molecular complexity index is 1700. The first-order valence-electron chi connectivity index (χ1n) is 13.6. The molecule has 0 spiro atoms. The summed E-state index contributed by atoms with van der Waals surface area (Å²) in [5.74, 6) is -1.04. The lowest BCUT2D eigenvalue weighted by atomic mass is 10.0. The fourth-order valence-corrected chi connectivity index (χ4v) is 5.27. The number of halogens is 2. The average Bonchev–Trinajstić information content (AvgIpc) is 3.41. The molecule has 2 atom stereocenters. The van der Waals surface area contributed by atoms with Crippen LogP contribution in [0.5, 0.6) is 11.5 Å². The maximum Gasteiger partial charge on any atom is 0.258 e. The molecule has 2 N–H and O–H groups in total. The normalized spacial score (nSPS) is 18.5. The first-order valence-corrected chi connectivity index (χ1v) is 14.0. The highest BCUT2D eigenvalue weighted by atomic mass is 35.5. The number of amides is 3. The predicted molar refractivity (Wildman–Crippen MR) is 156 cm³/mol. The standard InChI is InChI=1S/C32H26ClFN4O5/c33-26-15-35-11-10-24(26)32(41)38-16-28-29(17-38)43-22-7-4-19(5-8-22)14-36-30(39)18-42-23-3-1-2-20(12-23)21-6-9-27(34)25(13-21)31(40)37-28/h1-13,15,28-29H,14,16-18H2,(H,36,39)(H,37,40)/t28-,29-/m0/s1. The summed E-state index contributed by atoms with van der Waals surface area (Å²) in [6.07, 6.45) is 2.22. The number of nitrogens with one attached hydrogen (secondary N) is 2. The van der Waals surface area contributed by atoms with Gasteiger partial charge in [0.05, 0.1) is 28.7 Å². The first-order chi connectivity index (χ1) is 20.8. The van der Waals surface area contributed by atoms with E-state index in [9.17, 15) is 14.4 Å². The number of ether oxygens (including phenoxy) is 2. The summed E-state index contributed by atoms with van der Waals surface area (Å²) in [6, 6.07) is 19.2. The van der Waals surface area contributed by atoms with Gasteiger partial charge in [-0.05, 0) is 59.2 Å². The summed E-state index contributed by atoms with van der Waals surface area (Å²) < 4.78 is 26.9. The van der Waals surface area contributed by atoms with Crippen molar-refractivity contribution in [2.45, 2.75) is 18.7 Å². The third-order valence-electron chi connectivity index (χ3n) is 7.32. The van der Waals surface area contributed by atoms with Gasteiger partial charge < -0.3 is 25.0 Å². The molecule has 1 fully saturated rings. The van der Waals surface area contributed by atoms with E-state index in [1.165, 1.54) is 35.5 Å². The summed E-state index contributed by atoms with van der Waals surface area (Å²) in [6.45, 7) is 0.358. The van der Waals surface area contributed by atoms with Crippen LogP contribution in [-0.2, 0) is 11.3 Å². The Morgan fingerprint density at radius 2 is 1.79 bits per heavy atom. The van der Waals surface area contributed by atoms with E-state index in [1.807, 2.05) is 0 Å². The van der Waals surface area contributed by atoms with Crippen LogP contribution in [0, 0.1) is 5.82 Å². The second kappa shape index (κ2) is 12.1. The minimum absolute atomic E-state index is 0.110. The number of aromatic nitrogens is 1. The Balaban J connectivity index is 1.34. The van der Waals surface area contributed by atoms with Crippen LogP contribution < -0.4 is 20.1 Å². The molecule has 218 valence electrons. The quantitative estimate of drug-likeness (QED) is 0.338. The summed E-state index contributed by atoms with van der Waals surface area (Å²) in [5, 5.41) is 5.92. The van der Waals surface area contributed by atoms with Crippen LogP contribution in [0.3, 0.4) is 0 Å². The Hall–Kier alpha value is -4.96. The minimum atomic E-state index is -0.699. The summed E-state index contributed by atoms with van der Waals surface area (Å²) in [5.41, 5.74) is 2.21. The van der Waals surface area contributed by atoms with E-state index in [-0.39, 0.29) is 54.2 Å². The van der Waals surface area contributed by atoms with Crippen LogP contribution in [0.2, 0.25) is 5.02 Å². The number of benzene rings is 3. The van der Waals surface area contributed by atoms with Crippen LogP contribution in [-0.4, -0.2) is 59.4 Å². The highest BCUT2D eigenvalue weighted by Crippen LogP contribution is 2.27. The van der Waals surface area contributed by atoms with Crippen LogP contribution in [0.4, 0.5) is 4.39 Å². The van der Waals surface area contributed by atoms with E-state index in [4.69, 9.17) is 21.1 Å². The number of carbonyl (C=O) groups excluding carboxylic acids is 3. The van der Waals surface area contributed by atoms with Crippen molar-refractivity contribution >= 4 is 29.3 Å². The zero-order valence-corrected chi connectivity index (χ0v) is 23.5. The monoisotopic (exact) mass is 600 g/mol. The molecule has 0 saturated carbocycles. The number of likely N-dealkylation sites (tertiary alicyclic amines) is 1. The number of nitrogens with zero attached hydrogens (tertiary/aromatic N) is 2. The molecule has 3 aromatic carbocycles. The Labute approximate surface area is 251 Å². The van der Waals surface area contributed by atoms with Gasteiger partial charge >= 0.3 is 0 Å². The van der Waals surface area contributed by atoms with Gasteiger partial charge in [-0.15, -0.1) is 0 Å². The molecule has 43 heavy (non-hydrogen) atoms. The van der Waals surface area contributed by atoms with Gasteiger partial charge in [0, 0.05) is 25.5 Å². The molecule has 9 nitrogen and oxygen atoms in total. The van der Waals surface area contributed by atoms with Crippen molar-refractivity contribution in [3.05, 3.63) is 113 Å². The molecule has 0 radical (unpaired) electrons. The molecule has 3 aliphatic rings. The van der Waals surface area contributed by atoms with Gasteiger partial charge in [-0.2, -0.15) is 0 Å². The van der Waals surface area contributed by atoms with Crippen LogP contribution >= 0.6 is 11.6 Å². The van der Waals surface area contributed by atoms with Crippen molar-refractivity contribution < 1.29 is 28.2 Å². The second-order valence-corrected chi connectivity index (χ2v) is 10.6. The first kappa shape index (κ1) is 28.2. The lowest BCUT2D eigenvalue weighted by Gasteiger charge is -2.21. The number of fused-ring (bicyclic) bond motifs is 7. The molecular weight excluding hydrogens is 575 g/mol. The molecule has 4 heterocycles. The molecule has 7 rings (SSSR count). The lowest BCUT2D eigenvalue weighted by molar-refractivity contribution is -0.123. The van der Waals surface area contributed by atoms with E-state index in [2.05, 4.69) is 15.6 Å². The highest BCUT2D eigenvalue weighted by Gasteiger charge is 2.39. The van der Waals surface area contributed by atoms with Gasteiger partial charge in [0.15, 0.2) is 6.61 Å². The number of rotatable bonds is 1. The fourth-order valence-electron chi connectivity index (χ4n) is 5.07. The number of hydrogen-bond acceptors (Lipinski definition) is 6. The van der Waals surface area contributed by atoms with Crippen LogP contribution in [0.1, 0.15) is 26.3 Å². The predicted octanol–water partition coefficient (Wildman–Crippen LogP) is 4.25. The Morgan fingerprint density at radius 3 is 2.60 bits per heavy atom. The maximum atomic E-state index is 15.0. The van der Waals surface area contributed by atoms with Crippen molar-refractivity contribution in [2.24, 2.45) is 0 Å². The molecule has 1 aromatic heterocycles. The highest BCUT2D eigenvalue weighted by molar-refractivity contribution is 6.33. The molecule has 3 aliphatic heterocycles. The maximum absolute atomic E-state index is 15.0. The van der Waals surface area contributed by atoms with Crippen LogP contribution in [0.25, 0.3) is 11.1 Å². The molecule has 0 unspecified atom stereocenters. The number of pyridine rings is 1. The number of hydrogen-bond donors (Lipinski definition) is 2. The van der Waals surface area contributed by atoms with Crippen molar-refractivity contribution in [2.75, 3.05) is 19.7 Å². The van der Waals surface area contributed by atoms with Gasteiger partial charge in [0.2, 0.25) is 0 Å². The smallest absolute Gasteiger partial charge is 0.258 e. The van der Waals surface area contributed by atoms with E-state index < -0.39 is 23.9 Å². The van der Waals surface area contributed by atoms with E-state index in [0.717, 1.165) is 5.56 Å². The SMILES string of the molecule is O=C1COc2cccc(c2)-c2ccc(F)c(c2)C(=O)N[C@H]2CN(C(=O)c3ccncc3Cl)C[C@@H]2Oc2ccc(cc2)CN1. The van der Waals surface area contributed by atoms with E-state index >= 15 is 4.39 Å². The zero-order valence-electron chi connectivity index (χ0n) is 22.8. The van der Waals surface area contributed by atoms with Crippen molar-refractivity contribution in [1.82, 2.24) is 20.5 Å². The van der Waals surface area contributed by atoms with Crippen molar-refractivity contribution in [3.63, 3.8) is 0 Å². The lowest BCUT2D eigenvalue weighted by Crippen LogP contribution is -2.45. The van der Waals surface area contributed by atoms with Crippen molar-refractivity contribution in [1.29, 1.82) is 0 Å². The zero-order chi connectivity index (χ0) is 29.9. The molecule has 0 aliphatic carbocycles. The Kier molecular flexibility index (Phi) is 7.93. The molecular formula is C32H26ClFN4O5. The van der Waals surface area contributed by atoms with Gasteiger partial charge in [-0.3, -0.25) is 19.4 Å². The number of carbonyl (C=O) groups is 3. The van der Waals surface area contributed by atoms with Gasteiger partial charge in [-0.25, -0.2) is 4.39 Å². The molecule has 4 aromatic rings. The largest absolute Gasteiger partial charge is 0.486 e. The summed E-state index contributed by atoms with van der Waals surface area (Å²) >= 11 is 6.23. The molecule has 6 bridgehead atoms. The fraction of sp³-hybridized carbons (Fsp3) is 0.188. The third-order valence-corrected chi connectivity index (χ3v) is 7.62. The third kappa shape index (κ3) is 6.29. The van der Waals surface area contributed by atoms with Gasteiger partial charge in [0.1, 0.15) is 23.4 Å². The Morgan fingerprint density at radius 1 is 0.977 bits per heavy atom. The van der Waals surface area contributed by atoms with Gasteiger partial charge in [0.25, 0.3) is 17.7 Å². The molecule has 3 amide bonds. The summed E-state index contributed by atoms with van der Waals surface area (Å²) in [4.78, 5) is 44.8. The van der Waals surface area contributed by atoms with Crippen molar-refractivity contribution in [3.8, 4) is 22.6 Å². The van der Waals surface area contributed by atoms with Gasteiger partial charge in [-0.1, -0.05) is 41.9 Å². The second-order valence-electron chi connectivity index (χ2n) is 10.2. The average molecular weight is 601 g/mol. The molecule has 1 saturated heterocycles.